The second-order valence-corrected chi connectivity index (χ2v) is 5.28. The van der Waals surface area contributed by atoms with Crippen LogP contribution in [0.15, 0.2) is 30.3 Å². The molecule has 1 heterocycles. The lowest BCUT2D eigenvalue weighted by molar-refractivity contribution is -0.143. The molecular formula is C18H17F2NO4. The number of hydrogen-bond donors (Lipinski definition) is 1. The summed E-state index contributed by atoms with van der Waals surface area (Å²) in [6.45, 7) is 1.86. The van der Waals surface area contributed by atoms with Crippen LogP contribution in [0.2, 0.25) is 0 Å². The summed E-state index contributed by atoms with van der Waals surface area (Å²) in [5.74, 6) is -2.87. The molecule has 132 valence electrons. The van der Waals surface area contributed by atoms with Crippen LogP contribution in [0.3, 0.4) is 0 Å². The Bertz CT molecular complexity index is 772. The fraction of sp³-hybridized carbons (Fsp3) is 0.278. The summed E-state index contributed by atoms with van der Waals surface area (Å²) >= 11 is 0. The Morgan fingerprint density at radius 1 is 1.12 bits per heavy atom. The smallest absolute Gasteiger partial charge is 0.306 e. The molecule has 0 saturated carbocycles. The quantitative estimate of drug-likeness (QED) is 0.614. The van der Waals surface area contributed by atoms with Gasteiger partial charge in [0.05, 0.1) is 13.0 Å². The molecule has 0 aliphatic carbocycles. The number of aromatic hydroxyl groups is 1. The first-order valence-electron chi connectivity index (χ1n) is 7.73. The van der Waals surface area contributed by atoms with Gasteiger partial charge in [-0.25, -0.2) is 13.8 Å². The number of nitrogens with zero attached hydrogens (tertiary/aromatic N) is 1. The van der Waals surface area contributed by atoms with Gasteiger partial charge in [0, 0.05) is 24.1 Å². The third-order valence-electron chi connectivity index (χ3n) is 3.48. The molecule has 7 heteroatoms. The number of rotatable bonds is 7. The normalized spacial score (nSPS) is 10.5. The van der Waals surface area contributed by atoms with Gasteiger partial charge in [-0.05, 0) is 31.2 Å². The summed E-state index contributed by atoms with van der Waals surface area (Å²) in [4.78, 5) is 27.4. The van der Waals surface area contributed by atoms with Crippen LogP contribution in [0.1, 0.15) is 41.5 Å². The second-order valence-electron chi connectivity index (χ2n) is 5.28. The van der Waals surface area contributed by atoms with Gasteiger partial charge >= 0.3 is 5.97 Å². The third kappa shape index (κ3) is 4.82. The van der Waals surface area contributed by atoms with E-state index in [1.807, 2.05) is 0 Å². The predicted octanol–water partition coefficient (Wildman–Crippen LogP) is 3.18. The Morgan fingerprint density at radius 2 is 1.80 bits per heavy atom. The molecule has 0 amide bonds. The zero-order chi connectivity index (χ0) is 18.4. The van der Waals surface area contributed by atoms with E-state index < -0.39 is 23.4 Å². The Labute approximate surface area is 143 Å². The SMILES string of the molecule is CCOC(=O)CCC(=O)c1nc(Cc2c(F)cccc2F)ccc1O. The Balaban J connectivity index is 2.17. The summed E-state index contributed by atoms with van der Waals surface area (Å²) in [6.07, 6.45) is -0.492. The molecule has 5 nitrogen and oxygen atoms in total. The fourth-order valence-corrected chi connectivity index (χ4v) is 2.25. The maximum absolute atomic E-state index is 13.7. The van der Waals surface area contributed by atoms with Crippen molar-refractivity contribution in [1.82, 2.24) is 4.98 Å². The summed E-state index contributed by atoms with van der Waals surface area (Å²) in [5, 5.41) is 9.80. The molecule has 1 N–H and O–H groups in total. The molecule has 0 saturated heterocycles. The first kappa shape index (κ1) is 18.5. The second kappa shape index (κ2) is 8.32. The predicted molar refractivity (Wildman–Crippen MR) is 85.3 cm³/mol. The highest BCUT2D eigenvalue weighted by molar-refractivity contribution is 5.98. The van der Waals surface area contributed by atoms with Gasteiger partial charge in [-0.3, -0.25) is 9.59 Å². The zero-order valence-electron chi connectivity index (χ0n) is 13.6. The maximum atomic E-state index is 13.7. The molecule has 0 atom stereocenters. The van der Waals surface area contributed by atoms with E-state index in [0.717, 1.165) is 12.1 Å². The number of carbonyl (C=O) groups excluding carboxylic acids is 2. The first-order chi connectivity index (χ1) is 11.9. The van der Waals surface area contributed by atoms with E-state index in [2.05, 4.69) is 4.98 Å². The highest BCUT2D eigenvalue weighted by Crippen LogP contribution is 2.21. The number of Topliss-reactive ketones (excluding diaryl/α,β-unsaturated/α-hetero) is 1. The molecule has 0 unspecified atom stereocenters. The number of halogens is 2. The number of esters is 1. The number of pyridine rings is 1. The summed E-state index contributed by atoms with van der Waals surface area (Å²) in [6, 6.07) is 6.12. The average molecular weight is 349 g/mol. The maximum Gasteiger partial charge on any atom is 0.306 e. The lowest BCUT2D eigenvalue weighted by atomic mass is 10.1. The molecule has 25 heavy (non-hydrogen) atoms. The van der Waals surface area contributed by atoms with Crippen molar-refractivity contribution >= 4 is 11.8 Å². The molecule has 0 radical (unpaired) electrons. The van der Waals surface area contributed by atoms with Crippen molar-refractivity contribution in [3.63, 3.8) is 0 Å². The van der Waals surface area contributed by atoms with Crippen molar-refractivity contribution < 1.29 is 28.2 Å². The number of hydrogen-bond acceptors (Lipinski definition) is 5. The van der Waals surface area contributed by atoms with Crippen LogP contribution in [-0.2, 0) is 16.0 Å². The molecular weight excluding hydrogens is 332 g/mol. The minimum Gasteiger partial charge on any atom is -0.506 e. The molecule has 0 bridgehead atoms. The molecule has 2 aromatic rings. The number of benzene rings is 1. The minimum atomic E-state index is -0.718. The number of carbonyl (C=O) groups is 2. The van der Waals surface area contributed by atoms with Crippen molar-refractivity contribution in [3.05, 3.63) is 58.9 Å². The van der Waals surface area contributed by atoms with Crippen LogP contribution in [0.4, 0.5) is 8.78 Å². The molecule has 0 spiro atoms. The van der Waals surface area contributed by atoms with Gasteiger partial charge in [0.2, 0.25) is 0 Å². The molecule has 0 aliphatic heterocycles. The van der Waals surface area contributed by atoms with E-state index in [1.54, 1.807) is 6.92 Å². The first-order valence-corrected chi connectivity index (χ1v) is 7.73. The van der Waals surface area contributed by atoms with E-state index in [0.29, 0.717) is 0 Å². The molecule has 1 aromatic carbocycles. The van der Waals surface area contributed by atoms with Crippen LogP contribution in [0, 0.1) is 11.6 Å². The van der Waals surface area contributed by atoms with E-state index in [1.165, 1.54) is 18.2 Å². The molecule has 0 aliphatic rings. The van der Waals surface area contributed by atoms with Gasteiger partial charge in [0.1, 0.15) is 23.1 Å². The van der Waals surface area contributed by atoms with Crippen LogP contribution in [0.5, 0.6) is 5.75 Å². The van der Waals surface area contributed by atoms with Gasteiger partial charge in [-0.2, -0.15) is 0 Å². The number of ketones is 1. The van der Waals surface area contributed by atoms with Gasteiger partial charge in [0.25, 0.3) is 0 Å². The standard InChI is InChI=1S/C18H17F2NO4/c1-2-25-17(24)9-8-16(23)18-15(22)7-6-11(21-18)10-12-13(19)4-3-5-14(12)20/h3-7,22H,2,8-10H2,1H3. The topological polar surface area (TPSA) is 76.5 Å². The third-order valence-corrected chi connectivity index (χ3v) is 3.48. The van der Waals surface area contributed by atoms with Crippen LogP contribution in [0.25, 0.3) is 0 Å². The van der Waals surface area contributed by atoms with Crippen molar-refractivity contribution in [2.24, 2.45) is 0 Å². The van der Waals surface area contributed by atoms with Crippen molar-refractivity contribution in [2.45, 2.75) is 26.2 Å². The van der Waals surface area contributed by atoms with Gasteiger partial charge in [0.15, 0.2) is 5.78 Å². The summed E-state index contributed by atoms with van der Waals surface area (Å²) < 4.78 is 32.2. The highest BCUT2D eigenvalue weighted by Gasteiger charge is 2.17. The number of aromatic nitrogens is 1. The average Bonchev–Trinajstić information content (AvgIpc) is 2.58. The lowest BCUT2D eigenvalue weighted by Crippen LogP contribution is -2.10. The van der Waals surface area contributed by atoms with Crippen LogP contribution in [-0.4, -0.2) is 28.4 Å². The lowest BCUT2D eigenvalue weighted by Gasteiger charge is -2.08. The van der Waals surface area contributed by atoms with Crippen molar-refractivity contribution in [2.75, 3.05) is 6.61 Å². The highest BCUT2D eigenvalue weighted by atomic mass is 19.1. The minimum absolute atomic E-state index is 0.139. The molecule has 0 fully saturated rings. The largest absolute Gasteiger partial charge is 0.506 e. The van der Waals surface area contributed by atoms with Gasteiger partial charge < -0.3 is 9.84 Å². The van der Waals surface area contributed by atoms with Crippen molar-refractivity contribution in [3.8, 4) is 5.75 Å². The van der Waals surface area contributed by atoms with Crippen LogP contribution >= 0.6 is 0 Å². The van der Waals surface area contributed by atoms with E-state index in [9.17, 15) is 23.5 Å². The molecule has 1 aromatic heterocycles. The van der Waals surface area contributed by atoms with E-state index >= 15 is 0 Å². The van der Waals surface area contributed by atoms with Gasteiger partial charge in [-0.15, -0.1) is 0 Å². The van der Waals surface area contributed by atoms with Crippen LogP contribution < -0.4 is 0 Å². The Morgan fingerprint density at radius 3 is 2.44 bits per heavy atom. The Kier molecular flexibility index (Phi) is 6.16. The summed E-state index contributed by atoms with van der Waals surface area (Å²) in [5.41, 5.74) is -0.189. The van der Waals surface area contributed by atoms with Crippen molar-refractivity contribution in [1.29, 1.82) is 0 Å². The summed E-state index contributed by atoms with van der Waals surface area (Å²) in [7, 11) is 0. The molecule has 2 rings (SSSR count). The van der Waals surface area contributed by atoms with E-state index in [4.69, 9.17) is 4.74 Å². The van der Waals surface area contributed by atoms with E-state index in [-0.39, 0.29) is 48.6 Å². The number of ether oxygens (including phenoxy) is 1. The Hall–Kier alpha value is -2.83. The fourth-order valence-electron chi connectivity index (χ4n) is 2.25. The zero-order valence-corrected chi connectivity index (χ0v) is 13.6. The monoisotopic (exact) mass is 349 g/mol. The van der Waals surface area contributed by atoms with Gasteiger partial charge in [-0.1, -0.05) is 6.07 Å².